The van der Waals surface area contributed by atoms with Crippen molar-refractivity contribution in [3.8, 4) is 6.07 Å². The van der Waals surface area contributed by atoms with Crippen LogP contribution in [0.25, 0.3) is 0 Å². The van der Waals surface area contributed by atoms with Crippen molar-refractivity contribution in [1.82, 2.24) is 4.90 Å². The largest absolute Gasteiger partial charge is 0.302 e. The number of unbranched alkanes of at least 4 members (excludes halogenated alkanes) is 3. The number of benzene rings is 1. The first kappa shape index (κ1) is 16.9. The Hall–Kier alpha value is -1.93. The summed E-state index contributed by atoms with van der Waals surface area (Å²) in [6, 6.07) is 9.20. The average molecular weight is 327 g/mol. The van der Waals surface area contributed by atoms with Crippen LogP contribution in [-0.4, -0.2) is 29.5 Å². The van der Waals surface area contributed by atoms with Gasteiger partial charge in [0.15, 0.2) is 0 Å². The smallest absolute Gasteiger partial charge is 0.269 e. The van der Waals surface area contributed by atoms with Gasteiger partial charge in [-0.15, -0.1) is 0 Å². The Labute approximate surface area is 143 Å². The molecule has 1 saturated carbocycles. The van der Waals surface area contributed by atoms with E-state index in [2.05, 4.69) is 24.8 Å². The third kappa shape index (κ3) is 2.41. The first-order valence-electron chi connectivity index (χ1n) is 8.88. The molecule has 2 aliphatic rings. The van der Waals surface area contributed by atoms with E-state index >= 15 is 0 Å². The lowest BCUT2D eigenvalue weighted by Crippen LogP contribution is -2.33. The lowest BCUT2D eigenvalue weighted by atomic mass is 9.86. The Morgan fingerprint density at radius 2 is 2.21 bits per heavy atom. The fourth-order valence-corrected chi connectivity index (χ4v) is 4.74. The highest BCUT2D eigenvalue weighted by Crippen LogP contribution is 2.72. The van der Waals surface area contributed by atoms with Crippen molar-refractivity contribution in [3.05, 3.63) is 39.9 Å². The Morgan fingerprint density at radius 1 is 1.42 bits per heavy atom. The minimum Gasteiger partial charge on any atom is -0.302 e. The number of nitriles is 1. The van der Waals surface area contributed by atoms with Gasteiger partial charge in [-0.05, 0) is 18.5 Å². The third-order valence-electron chi connectivity index (χ3n) is 6.12. The highest BCUT2D eigenvalue weighted by atomic mass is 16.6. The normalized spacial score (nSPS) is 31.5. The van der Waals surface area contributed by atoms with E-state index in [0.29, 0.717) is 0 Å². The number of fused-ring (bicyclic) bond motifs is 1. The maximum Gasteiger partial charge on any atom is 0.269 e. The number of hydrogen-bond acceptors (Lipinski definition) is 4. The van der Waals surface area contributed by atoms with Gasteiger partial charge in [-0.2, -0.15) is 5.26 Å². The van der Waals surface area contributed by atoms with E-state index < -0.39 is 5.41 Å². The van der Waals surface area contributed by atoms with Crippen LogP contribution >= 0.6 is 0 Å². The molecule has 2 fully saturated rings. The van der Waals surface area contributed by atoms with Crippen LogP contribution in [0, 0.1) is 32.8 Å². The molecule has 3 atom stereocenters. The number of nitro groups is 1. The van der Waals surface area contributed by atoms with Crippen molar-refractivity contribution in [2.75, 3.05) is 19.6 Å². The van der Waals surface area contributed by atoms with Crippen LogP contribution in [-0.2, 0) is 5.41 Å². The monoisotopic (exact) mass is 327 g/mol. The van der Waals surface area contributed by atoms with Crippen molar-refractivity contribution in [2.24, 2.45) is 11.3 Å². The van der Waals surface area contributed by atoms with Gasteiger partial charge in [0, 0.05) is 36.6 Å². The van der Waals surface area contributed by atoms with Gasteiger partial charge in [0.05, 0.1) is 16.4 Å². The van der Waals surface area contributed by atoms with Crippen LogP contribution < -0.4 is 0 Å². The van der Waals surface area contributed by atoms with Crippen molar-refractivity contribution in [3.63, 3.8) is 0 Å². The van der Waals surface area contributed by atoms with E-state index in [1.807, 2.05) is 6.07 Å². The minimum absolute atomic E-state index is 0.0760. The molecule has 0 radical (unpaired) electrons. The molecule has 1 aromatic rings. The highest BCUT2D eigenvalue weighted by Gasteiger charge is 2.78. The Balaban J connectivity index is 1.73. The lowest BCUT2D eigenvalue weighted by molar-refractivity contribution is -0.384. The molecule has 0 amide bonds. The molecule has 1 aliphatic carbocycles. The molecule has 24 heavy (non-hydrogen) atoms. The molecule has 0 N–H and O–H groups in total. The molecule has 5 nitrogen and oxygen atoms in total. The summed E-state index contributed by atoms with van der Waals surface area (Å²) in [5.74, 6) is 0.281. The standard InChI is InChI=1S/C19H25N3O2/c1-3-4-5-6-10-21-12-17-18(2,14-21)19(17,13-20)15-8-7-9-16(11-15)22(23)24/h7-9,11,17H,3-6,10,12,14H2,1-2H3. The van der Waals surface area contributed by atoms with Gasteiger partial charge >= 0.3 is 0 Å². The van der Waals surface area contributed by atoms with Gasteiger partial charge in [0.1, 0.15) is 0 Å². The summed E-state index contributed by atoms with van der Waals surface area (Å²) in [4.78, 5) is 13.1. The summed E-state index contributed by atoms with van der Waals surface area (Å²) in [6.45, 7) is 7.33. The SMILES string of the molecule is CCCCCCN1CC2C(C)(C1)C2(C#N)c1cccc([N+](=O)[O-])c1. The van der Waals surface area contributed by atoms with Gasteiger partial charge in [0.2, 0.25) is 0 Å². The fraction of sp³-hybridized carbons (Fsp3) is 0.632. The summed E-state index contributed by atoms with van der Waals surface area (Å²) in [6.07, 6.45) is 5.00. The van der Waals surface area contributed by atoms with Crippen molar-refractivity contribution >= 4 is 5.69 Å². The molecular formula is C19H25N3O2. The molecular weight excluding hydrogens is 302 g/mol. The molecule has 0 bridgehead atoms. The van der Waals surface area contributed by atoms with E-state index in [0.717, 1.165) is 25.2 Å². The molecule has 1 heterocycles. The Kier molecular flexibility index (Phi) is 4.35. The third-order valence-corrected chi connectivity index (χ3v) is 6.12. The van der Waals surface area contributed by atoms with Crippen LogP contribution in [0.2, 0.25) is 0 Å². The minimum atomic E-state index is -0.557. The number of nitro benzene ring substituents is 1. The van der Waals surface area contributed by atoms with E-state index in [9.17, 15) is 15.4 Å². The van der Waals surface area contributed by atoms with Crippen LogP contribution in [0.5, 0.6) is 0 Å². The van der Waals surface area contributed by atoms with Gasteiger partial charge in [-0.3, -0.25) is 10.1 Å². The predicted octanol–water partition coefficient (Wildman–Crippen LogP) is 3.89. The predicted molar refractivity (Wildman–Crippen MR) is 92.6 cm³/mol. The van der Waals surface area contributed by atoms with E-state index in [4.69, 9.17) is 0 Å². The molecule has 1 aliphatic heterocycles. The maximum absolute atomic E-state index is 11.1. The van der Waals surface area contributed by atoms with Crippen LogP contribution in [0.15, 0.2) is 24.3 Å². The molecule has 0 spiro atoms. The van der Waals surface area contributed by atoms with E-state index in [1.165, 1.54) is 31.7 Å². The van der Waals surface area contributed by atoms with Gasteiger partial charge in [-0.1, -0.05) is 45.2 Å². The van der Waals surface area contributed by atoms with Crippen molar-refractivity contribution in [2.45, 2.75) is 44.9 Å². The molecule has 128 valence electrons. The van der Waals surface area contributed by atoms with E-state index in [1.54, 1.807) is 12.1 Å². The fourth-order valence-electron chi connectivity index (χ4n) is 4.74. The highest BCUT2D eigenvalue weighted by molar-refractivity contribution is 5.53. The Bertz CT molecular complexity index is 683. The number of non-ortho nitro benzene ring substituents is 1. The van der Waals surface area contributed by atoms with Crippen molar-refractivity contribution in [1.29, 1.82) is 5.26 Å². The second kappa shape index (κ2) is 6.18. The number of nitrogens with zero attached hydrogens (tertiary/aromatic N) is 3. The van der Waals surface area contributed by atoms with Gasteiger partial charge in [0.25, 0.3) is 5.69 Å². The zero-order valence-corrected chi connectivity index (χ0v) is 14.5. The number of rotatable bonds is 7. The van der Waals surface area contributed by atoms with Gasteiger partial charge < -0.3 is 4.90 Å². The molecule has 1 saturated heterocycles. The average Bonchev–Trinajstić information content (AvgIpc) is 2.88. The van der Waals surface area contributed by atoms with Crippen LogP contribution in [0.3, 0.4) is 0 Å². The summed E-state index contributed by atoms with van der Waals surface area (Å²) in [7, 11) is 0. The molecule has 5 heteroatoms. The zero-order valence-electron chi connectivity index (χ0n) is 14.5. The molecule has 3 rings (SSSR count). The topological polar surface area (TPSA) is 70.2 Å². The summed E-state index contributed by atoms with van der Waals surface area (Å²) < 4.78 is 0. The number of hydrogen-bond donors (Lipinski definition) is 0. The summed E-state index contributed by atoms with van der Waals surface area (Å²) >= 11 is 0. The molecule has 1 aromatic carbocycles. The van der Waals surface area contributed by atoms with Crippen LogP contribution in [0.4, 0.5) is 5.69 Å². The second-order valence-corrected chi connectivity index (χ2v) is 7.49. The van der Waals surface area contributed by atoms with Crippen LogP contribution in [0.1, 0.15) is 45.1 Å². The first-order chi connectivity index (χ1) is 11.5. The lowest BCUT2D eigenvalue weighted by Gasteiger charge is -2.25. The quantitative estimate of drug-likeness (QED) is 0.433. The van der Waals surface area contributed by atoms with Crippen molar-refractivity contribution < 1.29 is 4.92 Å². The maximum atomic E-state index is 11.1. The summed E-state index contributed by atoms with van der Waals surface area (Å²) in [5.41, 5.74) is 0.255. The first-order valence-corrected chi connectivity index (χ1v) is 8.88. The van der Waals surface area contributed by atoms with E-state index in [-0.39, 0.29) is 21.9 Å². The number of piperidine rings is 1. The molecule has 0 aromatic heterocycles. The zero-order chi connectivity index (χ0) is 17.4. The second-order valence-electron chi connectivity index (χ2n) is 7.49. The molecule has 3 unspecified atom stereocenters. The summed E-state index contributed by atoms with van der Waals surface area (Å²) in [5, 5.41) is 21.0. The van der Waals surface area contributed by atoms with Gasteiger partial charge in [-0.25, -0.2) is 0 Å². The Morgan fingerprint density at radius 3 is 2.79 bits per heavy atom. The number of likely N-dealkylation sites (tertiary alicyclic amines) is 1.